The fourth-order valence-corrected chi connectivity index (χ4v) is 6.27. The standard InChI is InChI=1S/C30H35F3N10O2.3C2HF3O2/c1-44-12-2-10-35-15-21-13-25(41-28(40-21)30(31,32)33)45-23-5-3-22(4-6-23)42-17-29(18-42,8-9-34)43-16-20(14-39-43)26-24-7-11-36-27(24)38-19-37-26;3*3-2(4,5)1(6)7/h7,11,13-14,16,19,22-23,35H,2-6,8,10,12,15,17-18H2,1H3,(H,36,37,38);3*(H,6,7)/t22-,23+;;;. The number of halogens is 12. The van der Waals surface area contributed by atoms with Crippen molar-refractivity contribution in [2.45, 2.75) is 87.5 Å². The molecule has 6 rings (SSSR count). The lowest BCUT2D eigenvalue weighted by molar-refractivity contribution is -0.193. The molecule has 0 spiro atoms. The Kier molecular flexibility index (Phi) is 18.6. The van der Waals surface area contributed by atoms with Gasteiger partial charge in [0.1, 0.15) is 23.6 Å². The normalized spacial score (nSPS) is 17.3. The van der Waals surface area contributed by atoms with Crippen LogP contribution in [0.2, 0.25) is 0 Å². The second-order valence-corrected chi connectivity index (χ2v) is 14.1. The molecule has 0 aromatic carbocycles. The quantitative estimate of drug-likeness (QED) is 0.0810. The number of H-pyrrole nitrogens is 1. The summed E-state index contributed by atoms with van der Waals surface area (Å²) in [6.07, 6.45) is -9.00. The molecule has 4 aromatic rings. The number of hydrogen-bond donors (Lipinski definition) is 5. The van der Waals surface area contributed by atoms with Crippen LogP contribution in [0.25, 0.3) is 22.3 Å². The van der Waals surface area contributed by atoms with Crippen LogP contribution in [-0.4, -0.2) is 137 Å². The van der Waals surface area contributed by atoms with E-state index in [4.69, 9.17) is 39.2 Å². The van der Waals surface area contributed by atoms with Crippen LogP contribution in [-0.2, 0) is 37.4 Å². The number of rotatable bonds is 12. The third-order valence-electron chi connectivity index (χ3n) is 9.29. The van der Waals surface area contributed by atoms with E-state index in [1.54, 1.807) is 13.3 Å². The highest BCUT2D eigenvalue weighted by Gasteiger charge is 2.48. The number of aromatic nitrogens is 7. The lowest BCUT2D eigenvalue weighted by Crippen LogP contribution is -2.65. The van der Waals surface area contributed by atoms with Crippen LogP contribution in [0.15, 0.2) is 37.1 Å². The fourth-order valence-electron chi connectivity index (χ4n) is 6.27. The molecule has 4 aromatic heterocycles. The minimum absolute atomic E-state index is 0.0541. The topological polar surface area (TPSA) is 255 Å². The molecular weight excluding hydrogens is 928 g/mol. The first-order valence-electron chi connectivity index (χ1n) is 18.8. The summed E-state index contributed by atoms with van der Waals surface area (Å²) in [5.74, 6) is -9.52. The zero-order chi connectivity index (χ0) is 49.7. The van der Waals surface area contributed by atoms with Crippen LogP contribution >= 0.6 is 0 Å². The molecule has 364 valence electrons. The van der Waals surface area contributed by atoms with Crippen LogP contribution in [0.1, 0.15) is 50.0 Å². The predicted molar refractivity (Wildman–Crippen MR) is 198 cm³/mol. The lowest BCUT2D eigenvalue weighted by atomic mass is 9.82. The average Bonchev–Trinajstić information content (AvgIpc) is 3.90. The van der Waals surface area contributed by atoms with Crippen molar-refractivity contribution in [3.05, 3.63) is 48.6 Å². The first kappa shape index (κ1) is 54.0. The summed E-state index contributed by atoms with van der Waals surface area (Å²) in [4.78, 5) is 48.2. The number of hydrogen-bond acceptors (Lipinski definition) is 13. The molecule has 5 N–H and O–H groups in total. The second kappa shape index (κ2) is 22.7. The summed E-state index contributed by atoms with van der Waals surface area (Å²) in [6, 6.07) is 6.04. The van der Waals surface area contributed by atoms with Gasteiger partial charge in [0.05, 0.1) is 30.1 Å². The Morgan fingerprint density at radius 1 is 0.909 bits per heavy atom. The van der Waals surface area contributed by atoms with Crippen LogP contribution in [0, 0.1) is 11.3 Å². The minimum Gasteiger partial charge on any atom is -0.475 e. The van der Waals surface area contributed by atoms with Crippen LogP contribution in [0.5, 0.6) is 5.88 Å². The summed E-state index contributed by atoms with van der Waals surface area (Å²) in [5.41, 5.74) is 2.19. The molecule has 1 aliphatic heterocycles. The Hall–Kier alpha value is -6.35. The maximum absolute atomic E-state index is 13.5. The highest BCUT2D eigenvalue weighted by molar-refractivity contribution is 5.90. The van der Waals surface area contributed by atoms with Gasteiger partial charge in [-0.1, -0.05) is 0 Å². The molecule has 1 saturated heterocycles. The van der Waals surface area contributed by atoms with Crippen LogP contribution in [0.4, 0.5) is 52.7 Å². The van der Waals surface area contributed by atoms with Gasteiger partial charge in [-0.2, -0.15) is 68.0 Å². The Labute approximate surface area is 363 Å². The average molecular weight is 967 g/mol. The van der Waals surface area contributed by atoms with E-state index >= 15 is 0 Å². The maximum atomic E-state index is 13.5. The van der Waals surface area contributed by atoms with E-state index in [2.05, 4.69) is 46.3 Å². The van der Waals surface area contributed by atoms with E-state index in [9.17, 15) is 57.9 Å². The van der Waals surface area contributed by atoms with Crippen molar-refractivity contribution in [1.82, 2.24) is 44.9 Å². The first-order chi connectivity index (χ1) is 30.6. The molecule has 30 heteroatoms. The number of carbonyl (C=O) groups is 3. The van der Waals surface area contributed by atoms with E-state index in [1.165, 1.54) is 12.4 Å². The van der Waals surface area contributed by atoms with Crippen LogP contribution in [0.3, 0.4) is 0 Å². The number of likely N-dealkylation sites (tertiary alicyclic amines) is 1. The molecule has 2 fully saturated rings. The van der Waals surface area contributed by atoms with E-state index in [-0.39, 0.29) is 30.3 Å². The maximum Gasteiger partial charge on any atom is 0.490 e. The second-order valence-electron chi connectivity index (χ2n) is 14.1. The SMILES string of the molecule is COCCCNCc1cc(O[C@H]2CC[C@@H](N3CC(CC#N)(n4cc(-c5ncnc6[nH]ccc56)cn4)C3)CC2)nc(C(F)(F)F)n1.O=C(O)C(F)(F)F.O=C(O)C(F)(F)F.O=C(O)C(F)(F)F. The van der Waals surface area contributed by atoms with Gasteiger partial charge in [-0.3, -0.25) is 9.58 Å². The van der Waals surface area contributed by atoms with Gasteiger partial charge in [0.2, 0.25) is 11.7 Å². The molecule has 18 nitrogen and oxygen atoms in total. The monoisotopic (exact) mass is 966 g/mol. The van der Waals surface area contributed by atoms with Gasteiger partial charge in [0, 0.05) is 68.8 Å². The molecule has 0 radical (unpaired) electrons. The zero-order valence-electron chi connectivity index (χ0n) is 33.9. The molecule has 2 aliphatic rings. The van der Waals surface area contributed by atoms with Gasteiger partial charge in [0.25, 0.3) is 0 Å². The van der Waals surface area contributed by atoms with Crippen molar-refractivity contribution in [1.29, 1.82) is 5.26 Å². The zero-order valence-corrected chi connectivity index (χ0v) is 33.9. The number of ether oxygens (including phenoxy) is 2. The van der Waals surface area contributed by atoms with Crippen LogP contribution < -0.4 is 10.1 Å². The highest BCUT2D eigenvalue weighted by Crippen LogP contribution is 2.39. The van der Waals surface area contributed by atoms with Gasteiger partial charge < -0.3 is 35.1 Å². The molecule has 1 saturated carbocycles. The molecular formula is C36H38F12N10O8. The van der Waals surface area contributed by atoms with Gasteiger partial charge in [-0.05, 0) is 44.7 Å². The summed E-state index contributed by atoms with van der Waals surface area (Å²) < 4.78 is 149. The van der Waals surface area contributed by atoms with Gasteiger partial charge in [0.15, 0.2) is 0 Å². The van der Waals surface area contributed by atoms with E-state index < -0.39 is 54.0 Å². The summed E-state index contributed by atoms with van der Waals surface area (Å²) in [6.45, 7) is 2.69. The number of carboxylic acids is 3. The molecule has 5 heterocycles. The fraction of sp³-hybridized carbons (Fsp3) is 0.528. The summed E-state index contributed by atoms with van der Waals surface area (Å²) in [7, 11) is 1.60. The lowest BCUT2D eigenvalue weighted by Gasteiger charge is -2.53. The number of nitrogens with zero attached hydrogens (tertiary/aromatic N) is 8. The highest BCUT2D eigenvalue weighted by atomic mass is 19.4. The number of alkyl halides is 12. The first-order valence-corrected chi connectivity index (χ1v) is 18.8. The predicted octanol–water partition coefficient (Wildman–Crippen LogP) is 5.97. The minimum atomic E-state index is -5.08. The van der Waals surface area contributed by atoms with Crippen molar-refractivity contribution in [3.63, 3.8) is 0 Å². The van der Waals surface area contributed by atoms with Gasteiger partial charge >= 0.3 is 42.6 Å². The van der Waals surface area contributed by atoms with Crippen molar-refractivity contribution < 1.29 is 91.9 Å². The number of carboxylic acid groups (broad SMARTS) is 3. The molecule has 0 unspecified atom stereocenters. The van der Waals surface area contributed by atoms with Crippen molar-refractivity contribution in [3.8, 4) is 23.2 Å². The Balaban J connectivity index is 0.000000457. The Morgan fingerprint density at radius 2 is 1.48 bits per heavy atom. The molecule has 66 heavy (non-hydrogen) atoms. The van der Waals surface area contributed by atoms with E-state index in [1.807, 2.05) is 23.1 Å². The number of aliphatic carboxylic acids is 3. The molecule has 0 bridgehead atoms. The van der Waals surface area contributed by atoms with Crippen molar-refractivity contribution in [2.24, 2.45) is 0 Å². The summed E-state index contributed by atoms with van der Waals surface area (Å²) >= 11 is 0. The third kappa shape index (κ3) is 16.0. The molecule has 1 aliphatic carbocycles. The summed E-state index contributed by atoms with van der Waals surface area (Å²) in [5, 5.41) is 39.7. The largest absolute Gasteiger partial charge is 0.490 e. The molecule has 0 amide bonds. The van der Waals surface area contributed by atoms with Crippen molar-refractivity contribution in [2.75, 3.05) is 33.4 Å². The smallest absolute Gasteiger partial charge is 0.475 e. The van der Waals surface area contributed by atoms with E-state index in [0.717, 1.165) is 41.6 Å². The Bertz CT molecular complexity index is 2210. The van der Waals surface area contributed by atoms with Gasteiger partial charge in [-0.25, -0.2) is 29.3 Å². The number of fused-ring (bicyclic) bond motifs is 1. The van der Waals surface area contributed by atoms with E-state index in [0.29, 0.717) is 45.5 Å². The number of nitriles is 1. The number of nitrogens with one attached hydrogen (secondary N) is 2. The van der Waals surface area contributed by atoms with Gasteiger partial charge in [-0.15, -0.1) is 0 Å². The van der Waals surface area contributed by atoms with Crippen molar-refractivity contribution >= 4 is 28.9 Å². The molecule has 0 atom stereocenters. The Morgan fingerprint density at radius 3 is 2.00 bits per heavy atom. The number of methoxy groups -OCH3 is 1. The number of aromatic amines is 1. The third-order valence-corrected chi connectivity index (χ3v) is 9.29.